The molecule has 4 nitrogen and oxygen atoms in total. The van der Waals surface area contributed by atoms with Crippen molar-refractivity contribution in [3.8, 4) is 0 Å². The normalized spacial score (nSPS) is 10.8. The largest absolute Gasteiger partial charge is 0.411 e. The van der Waals surface area contributed by atoms with E-state index in [4.69, 9.17) is 5.21 Å². The van der Waals surface area contributed by atoms with Crippen molar-refractivity contribution in [1.29, 1.82) is 0 Å². The van der Waals surface area contributed by atoms with E-state index in [-0.39, 0.29) is 0 Å². The van der Waals surface area contributed by atoms with Crippen LogP contribution in [0.4, 0.5) is 0 Å². The summed E-state index contributed by atoms with van der Waals surface area (Å²) in [5, 5.41) is 11.1. The van der Waals surface area contributed by atoms with Crippen LogP contribution in [0.2, 0.25) is 0 Å². The Balaban J connectivity index is 2.89. The topological polar surface area (TPSA) is 58.4 Å². The highest BCUT2D eigenvalue weighted by Crippen LogP contribution is 2.14. The van der Waals surface area contributed by atoms with E-state index >= 15 is 0 Å². The number of hydrogen-bond acceptors (Lipinski definition) is 4. The number of nitrogens with zero attached hydrogens (tertiary/aromatic N) is 3. The highest BCUT2D eigenvalue weighted by atomic mass is 79.9. The van der Waals surface area contributed by atoms with Gasteiger partial charge in [0.25, 0.3) is 0 Å². The molecule has 0 unspecified atom stereocenters. The first-order valence-electron chi connectivity index (χ1n) is 3.07. The molecule has 0 amide bonds. The molecule has 0 aliphatic rings. The molecule has 0 saturated heterocycles. The summed E-state index contributed by atoms with van der Waals surface area (Å²) in [6.45, 7) is 0. The lowest BCUT2D eigenvalue weighted by atomic mass is 10.3. The quantitative estimate of drug-likeness (QED) is 0.516. The van der Waals surface area contributed by atoms with Crippen molar-refractivity contribution >= 4 is 38.1 Å². The second-order valence-electron chi connectivity index (χ2n) is 1.93. The lowest BCUT2D eigenvalue weighted by Gasteiger charge is -1.98. The van der Waals surface area contributed by atoms with E-state index in [0.717, 1.165) is 5.69 Å². The molecule has 0 aromatic carbocycles. The third-order valence-corrected chi connectivity index (χ3v) is 2.18. The summed E-state index contributed by atoms with van der Waals surface area (Å²) in [5.41, 5.74) is 0.724. The average Bonchev–Trinajstić information content (AvgIpc) is 2.07. The van der Waals surface area contributed by atoms with Crippen molar-refractivity contribution in [3.05, 3.63) is 21.1 Å². The van der Waals surface area contributed by atoms with E-state index in [2.05, 4.69) is 47.0 Å². The number of aromatic nitrogens is 2. The van der Waals surface area contributed by atoms with Crippen molar-refractivity contribution in [2.24, 2.45) is 5.16 Å². The summed E-state index contributed by atoms with van der Waals surface area (Å²) in [6.07, 6.45) is 3.38. The van der Waals surface area contributed by atoms with Crippen LogP contribution in [-0.4, -0.2) is 21.4 Å². The Labute approximate surface area is 86.0 Å². The fourth-order valence-electron chi connectivity index (χ4n) is 0.646. The Hall–Kier alpha value is -0.490. The van der Waals surface area contributed by atoms with E-state index in [1.807, 2.05) is 0 Å². The highest BCUT2D eigenvalue weighted by Gasteiger charge is 2.01. The average molecular weight is 295 g/mol. The molecule has 0 aliphatic heterocycles. The van der Waals surface area contributed by atoms with Gasteiger partial charge in [-0.25, -0.2) is 9.97 Å². The minimum Gasteiger partial charge on any atom is -0.411 e. The molecule has 64 valence electrons. The van der Waals surface area contributed by atoms with Gasteiger partial charge in [-0.3, -0.25) is 0 Å². The third kappa shape index (κ3) is 2.53. The first-order chi connectivity index (χ1) is 5.74. The Morgan fingerprint density at radius 1 is 1.58 bits per heavy atom. The summed E-state index contributed by atoms with van der Waals surface area (Å²) in [6, 6.07) is 0. The molecule has 1 aromatic heterocycles. The van der Waals surface area contributed by atoms with Crippen molar-refractivity contribution in [2.75, 3.05) is 0 Å². The third-order valence-electron chi connectivity index (χ3n) is 1.13. The summed E-state index contributed by atoms with van der Waals surface area (Å²) in [7, 11) is 0. The van der Waals surface area contributed by atoms with Gasteiger partial charge < -0.3 is 5.21 Å². The Kier molecular flexibility index (Phi) is 3.61. The van der Waals surface area contributed by atoms with Gasteiger partial charge in [0.1, 0.15) is 9.21 Å². The van der Waals surface area contributed by atoms with Crippen LogP contribution in [-0.2, 0) is 6.42 Å². The van der Waals surface area contributed by atoms with E-state index in [1.165, 1.54) is 6.21 Å². The van der Waals surface area contributed by atoms with Gasteiger partial charge >= 0.3 is 0 Å². The van der Waals surface area contributed by atoms with E-state index in [0.29, 0.717) is 15.6 Å². The molecule has 6 heteroatoms. The van der Waals surface area contributed by atoms with Crippen molar-refractivity contribution in [3.63, 3.8) is 0 Å². The summed E-state index contributed by atoms with van der Waals surface area (Å²) in [4.78, 5) is 8.11. The highest BCUT2D eigenvalue weighted by molar-refractivity contribution is 9.10. The number of rotatable bonds is 2. The maximum absolute atomic E-state index is 8.18. The fourth-order valence-corrected chi connectivity index (χ4v) is 1.31. The molecule has 0 spiro atoms. The molecular formula is C6H5Br2N3O. The summed E-state index contributed by atoms with van der Waals surface area (Å²) < 4.78 is 1.32. The predicted octanol–water partition coefficient (Wildman–Crippen LogP) is 2.00. The molecule has 0 fully saturated rings. The molecule has 1 heterocycles. The minimum atomic E-state index is 0.448. The molecule has 1 aromatic rings. The van der Waals surface area contributed by atoms with Gasteiger partial charge in [-0.05, 0) is 31.9 Å². The zero-order chi connectivity index (χ0) is 8.97. The predicted molar refractivity (Wildman–Crippen MR) is 51.4 cm³/mol. The molecule has 0 radical (unpaired) electrons. The standard InChI is InChI=1S/C6H5Br2N3O/c7-5-3-9-6(8)4(11-5)1-2-10-12/h2-3,12H,1H2/b10-2-. The molecular weight excluding hydrogens is 290 g/mol. The molecule has 0 aliphatic carbocycles. The second-order valence-corrected chi connectivity index (χ2v) is 3.50. The molecule has 1 N–H and O–H groups in total. The number of hydrogen-bond donors (Lipinski definition) is 1. The number of halogens is 2. The van der Waals surface area contributed by atoms with Crippen LogP contribution in [0, 0.1) is 0 Å². The van der Waals surface area contributed by atoms with Crippen LogP contribution in [0.15, 0.2) is 20.6 Å². The molecule has 1 rings (SSSR count). The molecule has 12 heavy (non-hydrogen) atoms. The first-order valence-corrected chi connectivity index (χ1v) is 4.65. The van der Waals surface area contributed by atoms with Crippen LogP contribution >= 0.6 is 31.9 Å². The van der Waals surface area contributed by atoms with Gasteiger partial charge in [-0.2, -0.15) is 0 Å². The van der Waals surface area contributed by atoms with Gasteiger partial charge in [0.2, 0.25) is 0 Å². The van der Waals surface area contributed by atoms with Gasteiger partial charge in [0, 0.05) is 12.6 Å². The second kappa shape index (κ2) is 4.51. The smallest absolute Gasteiger partial charge is 0.128 e. The van der Waals surface area contributed by atoms with Crippen LogP contribution in [0.25, 0.3) is 0 Å². The lowest BCUT2D eigenvalue weighted by Crippen LogP contribution is -1.95. The van der Waals surface area contributed by atoms with Gasteiger partial charge in [-0.15, -0.1) is 5.16 Å². The van der Waals surface area contributed by atoms with Crippen LogP contribution < -0.4 is 0 Å². The Bertz CT molecular complexity index is 303. The minimum absolute atomic E-state index is 0.448. The van der Waals surface area contributed by atoms with Gasteiger partial charge in [-0.1, -0.05) is 0 Å². The Morgan fingerprint density at radius 3 is 3.00 bits per heavy atom. The van der Waals surface area contributed by atoms with Crippen molar-refractivity contribution in [1.82, 2.24) is 9.97 Å². The maximum Gasteiger partial charge on any atom is 0.128 e. The van der Waals surface area contributed by atoms with Gasteiger partial charge in [0.05, 0.1) is 11.9 Å². The van der Waals surface area contributed by atoms with Crippen LogP contribution in [0.1, 0.15) is 5.69 Å². The molecule has 0 bridgehead atoms. The first kappa shape index (κ1) is 9.60. The van der Waals surface area contributed by atoms with Crippen LogP contribution in [0.5, 0.6) is 0 Å². The van der Waals surface area contributed by atoms with E-state index < -0.39 is 0 Å². The van der Waals surface area contributed by atoms with Crippen molar-refractivity contribution in [2.45, 2.75) is 6.42 Å². The maximum atomic E-state index is 8.18. The van der Waals surface area contributed by atoms with E-state index in [1.54, 1.807) is 6.20 Å². The summed E-state index contributed by atoms with van der Waals surface area (Å²) >= 11 is 6.41. The van der Waals surface area contributed by atoms with Gasteiger partial charge in [0.15, 0.2) is 0 Å². The zero-order valence-corrected chi connectivity index (χ0v) is 9.08. The number of oxime groups is 1. The lowest BCUT2D eigenvalue weighted by molar-refractivity contribution is 0.320. The molecule has 0 atom stereocenters. The monoisotopic (exact) mass is 293 g/mol. The fraction of sp³-hybridized carbons (Fsp3) is 0.167. The summed E-state index contributed by atoms with van der Waals surface area (Å²) in [5.74, 6) is 0. The SMILES string of the molecule is O/N=C\Cc1nc(Br)cnc1Br. The zero-order valence-electron chi connectivity index (χ0n) is 5.91. The van der Waals surface area contributed by atoms with E-state index in [9.17, 15) is 0 Å². The van der Waals surface area contributed by atoms with Crippen LogP contribution in [0.3, 0.4) is 0 Å². The Morgan fingerprint density at radius 2 is 2.33 bits per heavy atom. The van der Waals surface area contributed by atoms with Crippen molar-refractivity contribution < 1.29 is 5.21 Å². The molecule has 0 saturated carbocycles.